The zero-order chi connectivity index (χ0) is 13.4. The molecular formula is C13H24N2OS. The predicted molar refractivity (Wildman–Crippen MR) is 74.7 cm³/mol. The summed E-state index contributed by atoms with van der Waals surface area (Å²) in [6.45, 7) is 10.5. The van der Waals surface area contributed by atoms with Gasteiger partial charge >= 0.3 is 0 Å². The maximum Gasteiger partial charge on any atom is 0.233 e. The largest absolute Gasteiger partial charge is 0.392 e. The van der Waals surface area contributed by atoms with Crippen LogP contribution < -0.4 is 11.1 Å². The quantitative estimate of drug-likeness (QED) is 0.761. The lowest BCUT2D eigenvalue weighted by Gasteiger charge is -2.45. The van der Waals surface area contributed by atoms with Crippen LogP contribution in [-0.2, 0) is 4.79 Å². The van der Waals surface area contributed by atoms with E-state index in [0.717, 1.165) is 12.8 Å². The van der Waals surface area contributed by atoms with Gasteiger partial charge in [0.1, 0.15) is 0 Å². The van der Waals surface area contributed by atoms with Crippen LogP contribution in [0.5, 0.6) is 0 Å². The Bertz CT molecular complexity index is 327. The molecule has 1 aliphatic carbocycles. The topological polar surface area (TPSA) is 55.1 Å². The van der Waals surface area contributed by atoms with E-state index in [4.69, 9.17) is 18.0 Å². The Balaban J connectivity index is 2.73. The van der Waals surface area contributed by atoms with Crippen molar-refractivity contribution in [2.75, 3.05) is 0 Å². The molecule has 0 spiro atoms. The van der Waals surface area contributed by atoms with Crippen molar-refractivity contribution >= 4 is 23.1 Å². The summed E-state index contributed by atoms with van der Waals surface area (Å²) in [6, 6.07) is 0.108. The normalized spacial score (nSPS) is 30.3. The highest BCUT2D eigenvalue weighted by Crippen LogP contribution is 2.46. The number of hydrogen-bond donors (Lipinski definition) is 2. The molecule has 0 aromatic heterocycles. The summed E-state index contributed by atoms with van der Waals surface area (Å²) in [5.74, 6) is 0.540. The number of nitrogens with one attached hydrogen (secondary N) is 1. The van der Waals surface area contributed by atoms with E-state index < -0.39 is 5.41 Å². The lowest BCUT2D eigenvalue weighted by Crippen LogP contribution is -2.58. The van der Waals surface area contributed by atoms with Gasteiger partial charge in [0.2, 0.25) is 5.91 Å². The molecule has 98 valence electrons. The molecule has 4 heteroatoms. The van der Waals surface area contributed by atoms with Gasteiger partial charge in [-0.15, -0.1) is 0 Å². The highest BCUT2D eigenvalue weighted by atomic mass is 32.1. The van der Waals surface area contributed by atoms with Gasteiger partial charge < -0.3 is 11.1 Å². The second-order valence-electron chi connectivity index (χ2n) is 6.52. The van der Waals surface area contributed by atoms with Gasteiger partial charge in [0.25, 0.3) is 0 Å². The monoisotopic (exact) mass is 256 g/mol. The maximum atomic E-state index is 12.3. The lowest BCUT2D eigenvalue weighted by atomic mass is 9.61. The third-order valence-corrected chi connectivity index (χ3v) is 4.34. The smallest absolute Gasteiger partial charge is 0.233 e. The van der Waals surface area contributed by atoms with Crippen molar-refractivity contribution in [2.24, 2.45) is 22.5 Å². The first-order valence-corrected chi connectivity index (χ1v) is 6.61. The van der Waals surface area contributed by atoms with Crippen LogP contribution in [0.3, 0.4) is 0 Å². The molecule has 3 N–H and O–H groups in total. The molecule has 1 amide bonds. The van der Waals surface area contributed by atoms with E-state index in [0.29, 0.717) is 10.9 Å². The predicted octanol–water partition coefficient (Wildman–Crippen LogP) is 2.24. The van der Waals surface area contributed by atoms with E-state index in [-0.39, 0.29) is 17.4 Å². The van der Waals surface area contributed by atoms with Crippen LogP contribution >= 0.6 is 12.2 Å². The van der Waals surface area contributed by atoms with Crippen molar-refractivity contribution in [3.63, 3.8) is 0 Å². The molecular weight excluding hydrogens is 232 g/mol. The molecule has 0 aromatic carbocycles. The minimum absolute atomic E-state index is 0.00512. The molecule has 0 aromatic rings. The first kappa shape index (κ1) is 14.4. The van der Waals surface area contributed by atoms with Gasteiger partial charge in [-0.25, -0.2) is 0 Å². The Labute approximate surface area is 110 Å². The summed E-state index contributed by atoms with van der Waals surface area (Å²) in [5.41, 5.74) is 5.21. The van der Waals surface area contributed by atoms with E-state index in [1.165, 1.54) is 0 Å². The Morgan fingerprint density at radius 1 is 1.47 bits per heavy atom. The third kappa shape index (κ3) is 2.79. The van der Waals surface area contributed by atoms with Crippen molar-refractivity contribution < 1.29 is 4.79 Å². The molecule has 1 saturated carbocycles. The number of hydrogen-bond acceptors (Lipinski definition) is 2. The van der Waals surface area contributed by atoms with Crippen molar-refractivity contribution in [3.05, 3.63) is 0 Å². The van der Waals surface area contributed by atoms with E-state index in [2.05, 4.69) is 33.0 Å². The third-order valence-electron chi connectivity index (χ3n) is 3.95. The first-order chi connectivity index (χ1) is 7.59. The fourth-order valence-corrected chi connectivity index (χ4v) is 2.44. The first-order valence-electron chi connectivity index (χ1n) is 6.20. The van der Waals surface area contributed by atoms with Crippen molar-refractivity contribution in [1.82, 2.24) is 5.32 Å². The van der Waals surface area contributed by atoms with E-state index in [1.807, 2.05) is 6.92 Å². The molecule has 1 fully saturated rings. The van der Waals surface area contributed by atoms with Crippen LogP contribution in [0.25, 0.3) is 0 Å². The second-order valence-corrected chi connectivity index (χ2v) is 6.96. The number of rotatable bonds is 3. The van der Waals surface area contributed by atoms with Crippen LogP contribution in [-0.4, -0.2) is 16.9 Å². The fourth-order valence-electron chi connectivity index (χ4n) is 2.18. The van der Waals surface area contributed by atoms with Crippen LogP contribution in [0.4, 0.5) is 0 Å². The summed E-state index contributed by atoms with van der Waals surface area (Å²) in [5, 5.41) is 3.06. The van der Waals surface area contributed by atoms with E-state index >= 15 is 0 Å². The maximum absolute atomic E-state index is 12.3. The molecule has 1 atom stereocenters. The molecule has 0 radical (unpaired) electrons. The molecule has 0 heterocycles. The van der Waals surface area contributed by atoms with Gasteiger partial charge in [0, 0.05) is 6.04 Å². The Morgan fingerprint density at radius 3 is 2.24 bits per heavy atom. The Morgan fingerprint density at radius 2 is 1.94 bits per heavy atom. The van der Waals surface area contributed by atoms with Gasteiger partial charge in [0.15, 0.2) is 0 Å². The highest BCUT2D eigenvalue weighted by Gasteiger charge is 2.51. The number of thiocarbonyl (C=S) groups is 1. The summed E-state index contributed by atoms with van der Waals surface area (Å²) >= 11 is 5.07. The van der Waals surface area contributed by atoms with Gasteiger partial charge in [-0.05, 0) is 31.1 Å². The average molecular weight is 256 g/mol. The van der Waals surface area contributed by atoms with Gasteiger partial charge in [0.05, 0.1) is 10.4 Å². The molecule has 3 nitrogen and oxygen atoms in total. The van der Waals surface area contributed by atoms with Crippen LogP contribution in [0, 0.1) is 16.7 Å². The summed E-state index contributed by atoms with van der Waals surface area (Å²) in [7, 11) is 0. The fraction of sp³-hybridized carbons (Fsp3) is 0.846. The van der Waals surface area contributed by atoms with Gasteiger partial charge in [-0.1, -0.05) is 39.9 Å². The molecule has 0 bridgehead atoms. The lowest BCUT2D eigenvalue weighted by molar-refractivity contribution is -0.134. The summed E-state index contributed by atoms with van der Waals surface area (Å²) in [6.07, 6.45) is 1.57. The van der Waals surface area contributed by atoms with Crippen molar-refractivity contribution in [2.45, 2.75) is 53.5 Å². The highest BCUT2D eigenvalue weighted by molar-refractivity contribution is 7.80. The van der Waals surface area contributed by atoms with Crippen LogP contribution in [0.15, 0.2) is 0 Å². The molecule has 17 heavy (non-hydrogen) atoms. The minimum Gasteiger partial charge on any atom is -0.392 e. The number of nitrogens with two attached hydrogens (primary N) is 1. The Kier molecular flexibility index (Phi) is 3.87. The average Bonchev–Trinajstić information content (AvgIpc) is 2.09. The second kappa shape index (κ2) is 4.56. The van der Waals surface area contributed by atoms with Crippen LogP contribution in [0.1, 0.15) is 47.5 Å². The zero-order valence-electron chi connectivity index (χ0n) is 11.5. The number of carbonyl (C=O) groups excluding carboxylic acids is 1. The van der Waals surface area contributed by atoms with Gasteiger partial charge in [-0.3, -0.25) is 4.79 Å². The zero-order valence-corrected chi connectivity index (χ0v) is 12.3. The van der Waals surface area contributed by atoms with E-state index in [9.17, 15) is 4.79 Å². The van der Waals surface area contributed by atoms with E-state index in [1.54, 1.807) is 0 Å². The molecule has 1 aliphatic rings. The minimum atomic E-state index is -0.589. The van der Waals surface area contributed by atoms with Crippen molar-refractivity contribution in [1.29, 1.82) is 0 Å². The number of carbonyl (C=O) groups is 1. The SMILES string of the molecule is CC1CC(C(=O)NC(C)C(C)(C)C)(C(N)=S)C1. The van der Waals surface area contributed by atoms with Crippen molar-refractivity contribution in [3.8, 4) is 0 Å². The molecule has 0 saturated heterocycles. The molecule has 1 unspecified atom stereocenters. The van der Waals surface area contributed by atoms with Gasteiger partial charge in [-0.2, -0.15) is 0 Å². The summed E-state index contributed by atoms with van der Waals surface area (Å²) < 4.78 is 0. The standard InChI is InChI=1S/C13H24N2OS/c1-8-6-13(7-8,10(14)17)11(16)15-9(2)12(3,4)5/h8-9H,6-7H2,1-5H3,(H2,14,17)(H,15,16). The van der Waals surface area contributed by atoms with Crippen LogP contribution in [0.2, 0.25) is 0 Å². The number of amides is 1. The Hall–Kier alpha value is -0.640. The molecule has 1 rings (SSSR count). The molecule has 0 aliphatic heterocycles. The summed E-state index contributed by atoms with van der Waals surface area (Å²) in [4.78, 5) is 12.7.